The van der Waals surface area contributed by atoms with E-state index in [2.05, 4.69) is 9.97 Å². The summed E-state index contributed by atoms with van der Waals surface area (Å²) in [5.41, 5.74) is 3.19. The van der Waals surface area contributed by atoms with Gasteiger partial charge >= 0.3 is 0 Å². The van der Waals surface area contributed by atoms with E-state index in [0.717, 1.165) is 16.7 Å². The van der Waals surface area contributed by atoms with E-state index in [1.807, 2.05) is 19.9 Å². The summed E-state index contributed by atoms with van der Waals surface area (Å²) in [6.07, 6.45) is 5.70. The zero-order chi connectivity index (χ0) is 23.3. The van der Waals surface area contributed by atoms with E-state index in [-0.39, 0.29) is 28.8 Å². The highest BCUT2D eigenvalue weighted by Crippen LogP contribution is 2.22. The number of pyridine rings is 2. The number of aryl methyl sites for hydroxylation is 1. The molecule has 3 aromatic rings. The number of benzene rings is 1. The van der Waals surface area contributed by atoms with Gasteiger partial charge in [-0.2, -0.15) is 0 Å². The molecule has 0 atom stereocenters. The summed E-state index contributed by atoms with van der Waals surface area (Å²) >= 11 is 0. The molecular weight excluding hydrogens is 424 g/mol. The molecule has 0 aliphatic heterocycles. The van der Waals surface area contributed by atoms with Crippen molar-refractivity contribution in [2.75, 3.05) is 6.26 Å². The van der Waals surface area contributed by atoms with Gasteiger partial charge in [0.15, 0.2) is 21.4 Å². The lowest BCUT2D eigenvalue weighted by Gasteiger charge is -2.07. The van der Waals surface area contributed by atoms with Crippen LogP contribution in [0.25, 0.3) is 11.1 Å². The van der Waals surface area contributed by atoms with Gasteiger partial charge in [-0.1, -0.05) is 32.0 Å². The summed E-state index contributed by atoms with van der Waals surface area (Å²) in [5.74, 6) is 0.0339. The first-order chi connectivity index (χ1) is 15.1. The van der Waals surface area contributed by atoms with Crippen molar-refractivity contribution in [2.24, 2.45) is 5.92 Å². The Hall–Kier alpha value is -3.19. The molecule has 0 radical (unpaired) electrons. The highest BCUT2D eigenvalue weighted by atomic mass is 32.2. The predicted octanol–water partition coefficient (Wildman–Crippen LogP) is 4.59. The minimum Gasteiger partial charge on any atom is -0.292 e. The highest BCUT2D eigenvalue weighted by Gasteiger charge is 2.14. The molecule has 0 unspecified atom stereocenters. The molecular formula is C25H26N2O4S. The van der Waals surface area contributed by atoms with Crippen molar-refractivity contribution in [1.82, 2.24) is 9.97 Å². The van der Waals surface area contributed by atoms with E-state index >= 15 is 0 Å². The van der Waals surface area contributed by atoms with Crippen molar-refractivity contribution in [1.29, 1.82) is 0 Å². The zero-order valence-corrected chi connectivity index (χ0v) is 19.2. The number of hydrogen-bond acceptors (Lipinski definition) is 6. The molecule has 2 heterocycles. The van der Waals surface area contributed by atoms with Crippen molar-refractivity contribution in [3.05, 3.63) is 77.9 Å². The van der Waals surface area contributed by atoms with Gasteiger partial charge in [-0.3, -0.25) is 14.6 Å². The van der Waals surface area contributed by atoms with Crippen LogP contribution in [0.5, 0.6) is 0 Å². The Morgan fingerprint density at radius 1 is 0.906 bits per heavy atom. The summed E-state index contributed by atoms with van der Waals surface area (Å²) in [4.78, 5) is 33.7. The number of Topliss-reactive ketones (excluding diaryl/α,β-unsaturated/α-hetero) is 2. The summed E-state index contributed by atoms with van der Waals surface area (Å²) < 4.78 is 23.3. The van der Waals surface area contributed by atoms with E-state index in [1.54, 1.807) is 54.9 Å². The second-order valence-corrected chi connectivity index (χ2v) is 10.2. The number of hydrogen-bond donors (Lipinski definition) is 0. The number of carbonyl (C=O) groups is 2. The van der Waals surface area contributed by atoms with Crippen molar-refractivity contribution in [3.8, 4) is 11.1 Å². The fourth-order valence-corrected chi connectivity index (χ4v) is 3.91. The lowest BCUT2D eigenvalue weighted by molar-refractivity contribution is 0.0962. The van der Waals surface area contributed by atoms with Crippen molar-refractivity contribution in [3.63, 3.8) is 0 Å². The van der Waals surface area contributed by atoms with Crippen LogP contribution >= 0.6 is 0 Å². The van der Waals surface area contributed by atoms with E-state index in [1.165, 1.54) is 6.26 Å². The normalized spacial score (nSPS) is 11.5. The molecule has 6 nitrogen and oxygen atoms in total. The number of nitrogens with zero attached hydrogens (tertiary/aromatic N) is 2. The van der Waals surface area contributed by atoms with Crippen LogP contribution in [-0.2, 0) is 16.3 Å². The van der Waals surface area contributed by atoms with Crippen molar-refractivity contribution < 1.29 is 18.0 Å². The third-order valence-corrected chi connectivity index (χ3v) is 6.09. The number of sulfone groups is 1. The molecule has 0 spiro atoms. The molecule has 7 heteroatoms. The molecule has 0 N–H and O–H groups in total. The summed E-state index contributed by atoms with van der Waals surface area (Å²) in [6.45, 7) is 3.93. The van der Waals surface area contributed by atoms with Crippen LogP contribution in [0.4, 0.5) is 0 Å². The topological polar surface area (TPSA) is 94.1 Å². The third-order valence-electron chi connectivity index (χ3n) is 4.97. The fourth-order valence-electron chi connectivity index (χ4n) is 3.28. The van der Waals surface area contributed by atoms with Gasteiger partial charge in [0.05, 0.1) is 4.90 Å². The number of carbonyl (C=O) groups excluding carboxylic acids is 2. The first kappa shape index (κ1) is 23.5. The van der Waals surface area contributed by atoms with Gasteiger partial charge in [0.2, 0.25) is 0 Å². The lowest BCUT2D eigenvalue weighted by atomic mass is 10.0. The fraction of sp³-hybridized carbons (Fsp3) is 0.280. The average molecular weight is 451 g/mol. The van der Waals surface area contributed by atoms with Gasteiger partial charge in [-0.05, 0) is 53.8 Å². The molecule has 0 bridgehead atoms. The van der Waals surface area contributed by atoms with Crippen LogP contribution in [-0.4, -0.2) is 36.2 Å². The minimum atomic E-state index is -3.25. The number of rotatable bonds is 9. The van der Waals surface area contributed by atoms with Crippen LogP contribution in [0.3, 0.4) is 0 Å². The van der Waals surface area contributed by atoms with E-state index < -0.39 is 9.84 Å². The quantitative estimate of drug-likeness (QED) is 0.443. The molecule has 166 valence electrons. The molecule has 0 fully saturated rings. The number of ketones is 2. The molecule has 3 rings (SSSR count). The van der Waals surface area contributed by atoms with E-state index in [9.17, 15) is 18.0 Å². The van der Waals surface area contributed by atoms with Gasteiger partial charge in [0.1, 0.15) is 11.4 Å². The molecule has 0 saturated carbocycles. The Morgan fingerprint density at radius 2 is 1.56 bits per heavy atom. The summed E-state index contributed by atoms with van der Waals surface area (Å²) in [6, 6.07) is 13.5. The molecule has 2 aromatic heterocycles. The van der Waals surface area contributed by atoms with Gasteiger partial charge in [0, 0.05) is 37.1 Å². The monoisotopic (exact) mass is 450 g/mol. The SMILES string of the molecule is CC(C)CC(=O)c1cccc(C(=O)CCc2cncc(-c3ccc(S(C)(=O)=O)cc3)c2)n1. The zero-order valence-electron chi connectivity index (χ0n) is 18.4. The average Bonchev–Trinajstić information content (AvgIpc) is 2.77. The second kappa shape index (κ2) is 9.96. The van der Waals surface area contributed by atoms with E-state index in [0.29, 0.717) is 24.2 Å². The predicted molar refractivity (Wildman–Crippen MR) is 123 cm³/mol. The van der Waals surface area contributed by atoms with Crippen LogP contribution in [0.15, 0.2) is 65.8 Å². The third kappa shape index (κ3) is 6.17. The lowest BCUT2D eigenvalue weighted by Crippen LogP contribution is -2.10. The van der Waals surface area contributed by atoms with E-state index in [4.69, 9.17) is 0 Å². The van der Waals surface area contributed by atoms with Crippen LogP contribution in [0, 0.1) is 5.92 Å². The molecule has 0 amide bonds. The van der Waals surface area contributed by atoms with Crippen molar-refractivity contribution in [2.45, 2.75) is 38.0 Å². The standard InChI is InChI=1S/C25H26N2O4S/c1-17(2)13-25(29)23-6-4-5-22(27-23)24(28)12-7-18-14-20(16-26-15-18)19-8-10-21(11-9-19)32(3,30)31/h4-6,8-11,14-17H,7,12-13H2,1-3H3. The van der Waals surface area contributed by atoms with Gasteiger partial charge < -0.3 is 0 Å². The Bertz CT molecular complexity index is 1230. The Labute approximate surface area is 188 Å². The maximum absolute atomic E-state index is 12.7. The minimum absolute atomic E-state index is 0.0616. The van der Waals surface area contributed by atoms with Gasteiger partial charge in [0.25, 0.3) is 0 Å². The smallest absolute Gasteiger partial charge is 0.181 e. The molecule has 0 aliphatic rings. The molecule has 1 aromatic carbocycles. The Morgan fingerprint density at radius 3 is 2.19 bits per heavy atom. The largest absolute Gasteiger partial charge is 0.292 e. The highest BCUT2D eigenvalue weighted by molar-refractivity contribution is 7.90. The van der Waals surface area contributed by atoms with Crippen LogP contribution in [0.2, 0.25) is 0 Å². The summed E-state index contributed by atoms with van der Waals surface area (Å²) in [5, 5.41) is 0. The first-order valence-electron chi connectivity index (χ1n) is 10.4. The number of aromatic nitrogens is 2. The van der Waals surface area contributed by atoms with Gasteiger partial charge in [-0.15, -0.1) is 0 Å². The summed E-state index contributed by atoms with van der Waals surface area (Å²) in [7, 11) is -3.25. The second-order valence-electron chi connectivity index (χ2n) is 8.23. The molecule has 0 saturated heterocycles. The maximum atomic E-state index is 12.7. The Kier molecular flexibility index (Phi) is 7.30. The molecule has 0 aliphatic carbocycles. The maximum Gasteiger partial charge on any atom is 0.181 e. The van der Waals surface area contributed by atoms with Crippen LogP contribution < -0.4 is 0 Å². The first-order valence-corrected chi connectivity index (χ1v) is 12.3. The molecule has 32 heavy (non-hydrogen) atoms. The van der Waals surface area contributed by atoms with Crippen molar-refractivity contribution >= 4 is 21.4 Å². The van der Waals surface area contributed by atoms with Gasteiger partial charge in [-0.25, -0.2) is 13.4 Å². The Balaban J connectivity index is 1.69. The van der Waals surface area contributed by atoms with Crippen LogP contribution in [0.1, 0.15) is 53.2 Å².